The molecule has 130 valence electrons. The normalized spacial score (nSPS) is 14.9. The lowest BCUT2D eigenvalue weighted by atomic mass is 10.1. The highest BCUT2D eigenvalue weighted by atomic mass is 16.5. The second kappa shape index (κ2) is 8.58. The fourth-order valence-electron chi connectivity index (χ4n) is 3.06. The molecule has 0 saturated carbocycles. The Morgan fingerprint density at radius 2 is 1.60 bits per heavy atom. The van der Waals surface area contributed by atoms with Crippen molar-refractivity contribution in [1.29, 1.82) is 0 Å². The summed E-state index contributed by atoms with van der Waals surface area (Å²) in [4.78, 5) is 26.9. The van der Waals surface area contributed by atoms with Gasteiger partial charge in [0.25, 0.3) is 0 Å². The molecule has 2 aromatic rings. The molecule has 0 radical (unpaired) electrons. The van der Waals surface area contributed by atoms with Crippen LogP contribution >= 0.6 is 0 Å². The van der Waals surface area contributed by atoms with E-state index in [1.165, 1.54) is 19.3 Å². The lowest BCUT2D eigenvalue weighted by Crippen LogP contribution is -2.31. The Hall–Kier alpha value is -2.46. The van der Waals surface area contributed by atoms with Crippen molar-refractivity contribution in [2.75, 3.05) is 19.6 Å². The van der Waals surface area contributed by atoms with Crippen molar-refractivity contribution in [1.82, 2.24) is 4.90 Å². The first-order valence-corrected chi connectivity index (χ1v) is 8.85. The third-order valence-electron chi connectivity index (χ3n) is 4.48. The molecule has 0 amide bonds. The van der Waals surface area contributed by atoms with Gasteiger partial charge in [-0.3, -0.25) is 4.79 Å². The molecule has 0 unspecified atom stereocenters. The standard InChI is InChI=1S/C21H23NO3/c23-20(12-15-22-13-5-2-6-14-22)18-10-7-11-19(16-18)25-21(24)17-8-3-1-4-9-17/h1,3-4,7-11,16H,2,5-6,12-15H2. The highest BCUT2D eigenvalue weighted by Crippen LogP contribution is 2.17. The van der Waals surface area contributed by atoms with Crippen molar-refractivity contribution < 1.29 is 14.3 Å². The van der Waals surface area contributed by atoms with Gasteiger partial charge in [-0.1, -0.05) is 36.8 Å². The van der Waals surface area contributed by atoms with Crippen molar-refractivity contribution >= 4 is 11.8 Å². The van der Waals surface area contributed by atoms with E-state index in [1.807, 2.05) is 6.07 Å². The molecule has 1 aliphatic rings. The number of hydrogen-bond donors (Lipinski definition) is 0. The first kappa shape index (κ1) is 17.4. The van der Waals surface area contributed by atoms with Gasteiger partial charge < -0.3 is 9.64 Å². The molecule has 1 saturated heterocycles. The molecule has 25 heavy (non-hydrogen) atoms. The maximum atomic E-state index is 12.4. The molecule has 0 bridgehead atoms. The molecule has 1 fully saturated rings. The van der Waals surface area contributed by atoms with Crippen molar-refractivity contribution in [3.05, 3.63) is 65.7 Å². The average molecular weight is 337 g/mol. The Bertz CT molecular complexity index is 721. The van der Waals surface area contributed by atoms with Crippen LogP contribution in [0.4, 0.5) is 0 Å². The average Bonchev–Trinajstić information content (AvgIpc) is 2.68. The minimum absolute atomic E-state index is 0.0863. The van der Waals surface area contributed by atoms with Crippen LogP contribution in [0.15, 0.2) is 54.6 Å². The Kier molecular flexibility index (Phi) is 5.96. The topological polar surface area (TPSA) is 46.6 Å². The quantitative estimate of drug-likeness (QED) is 0.455. The van der Waals surface area contributed by atoms with Crippen LogP contribution in [0, 0.1) is 0 Å². The van der Waals surface area contributed by atoms with Crippen molar-refractivity contribution in [3.63, 3.8) is 0 Å². The number of carbonyl (C=O) groups is 2. The number of Topliss-reactive ketones (excluding diaryl/α,β-unsaturated/α-hetero) is 1. The fraction of sp³-hybridized carbons (Fsp3) is 0.333. The largest absolute Gasteiger partial charge is 0.423 e. The molecule has 4 heteroatoms. The van der Waals surface area contributed by atoms with Crippen LogP contribution in [-0.2, 0) is 0 Å². The van der Waals surface area contributed by atoms with E-state index in [4.69, 9.17) is 4.74 Å². The van der Waals surface area contributed by atoms with Gasteiger partial charge in [-0.15, -0.1) is 0 Å². The van der Waals surface area contributed by atoms with Crippen molar-refractivity contribution in [2.45, 2.75) is 25.7 Å². The maximum Gasteiger partial charge on any atom is 0.343 e. The number of likely N-dealkylation sites (tertiary alicyclic amines) is 1. The number of nitrogens with zero attached hydrogens (tertiary/aromatic N) is 1. The van der Waals surface area contributed by atoms with Crippen LogP contribution in [-0.4, -0.2) is 36.3 Å². The van der Waals surface area contributed by atoms with Gasteiger partial charge in [0.05, 0.1) is 5.56 Å². The molecule has 0 N–H and O–H groups in total. The summed E-state index contributed by atoms with van der Waals surface area (Å²) < 4.78 is 5.38. The zero-order valence-corrected chi connectivity index (χ0v) is 14.3. The Morgan fingerprint density at radius 3 is 2.36 bits per heavy atom. The smallest absolute Gasteiger partial charge is 0.343 e. The van der Waals surface area contributed by atoms with Crippen LogP contribution in [0.5, 0.6) is 5.75 Å². The van der Waals surface area contributed by atoms with Gasteiger partial charge in [0.2, 0.25) is 0 Å². The zero-order valence-electron chi connectivity index (χ0n) is 14.3. The summed E-state index contributed by atoms with van der Waals surface area (Å²) in [5.41, 5.74) is 1.08. The summed E-state index contributed by atoms with van der Waals surface area (Å²) >= 11 is 0. The van der Waals surface area contributed by atoms with Gasteiger partial charge in [0.1, 0.15) is 5.75 Å². The molecular weight excluding hydrogens is 314 g/mol. The molecule has 0 atom stereocenters. The predicted molar refractivity (Wildman–Crippen MR) is 97.1 cm³/mol. The molecule has 0 aliphatic carbocycles. The third kappa shape index (κ3) is 5.00. The van der Waals surface area contributed by atoms with Crippen LogP contribution in [0.2, 0.25) is 0 Å². The predicted octanol–water partition coefficient (Wildman–Crippen LogP) is 3.96. The number of ether oxygens (including phenoxy) is 1. The van der Waals surface area contributed by atoms with Crippen molar-refractivity contribution in [2.24, 2.45) is 0 Å². The molecular formula is C21H23NO3. The van der Waals surface area contributed by atoms with Crippen LogP contribution < -0.4 is 4.74 Å². The molecule has 0 aromatic heterocycles. The van der Waals surface area contributed by atoms with Gasteiger partial charge in [-0.2, -0.15) is 0 Å². The highest BCUT2D eigenvalue weighted by Gasteiger charge is 2.14. The summed E-state index contributed by atoms with van der Waals surface area (Å²) in [5.74, 6) is 0.0689. The van der Waals surface area contributed by atoms with E-state index in [9.17, 15) is 9.59 Å². The SMILES string of the molecule is O=C(CCN1CCCCC1)c1cccc(OC(=O)c2ccccc2)c1. The van der Waals surface area contributed by atoms with Gasteiger partial charge in [-0.05, 0) is 50.2 Å². The van der Waals surface area contributed by atoms with E-state index >= 15 is 0 Å². The molecule has 4 nitrogen and oxygen atoms in total. The third-order valence-corrected chi connectivity index (χ3v) is 4.48. The number of ketones is 1. The second-order valence-corrected chi connectivity index (χ2v) is 6.36. The Labute approximate surface area is 148 Å². The summed E-state index contributed by atoms with van der Waals surface area (Å²) in [6.45, 7) is 2.97. The minimum atomic E-state index is -0.418. The monoisotopic (exact) mass is 337 g/mol. The van der Waals surface area contributed by atoms with E-state index in [1.54, 1.807) is 48.5 Å². The maximum absolute atomic E-state index is 12.4. The van der Waals surface area contributed by atoms with Crippen molar-refractivity contribution in [3.8, 4) is 5.75 Å². The summed E-state index contributed by atoms with van der Waals surface area (Å²) in [6.07, 6.45) is 4.23. The zero-order chi connectivity index (χ0) is 17.5. The van der Waals surface area contributed by atoms with E-state index in [0.717, 1.165) is 19.6 Å². The summed E-state index contributed by atoms with van der Waals surface area (Å²) in [7, 11) is 0. The number of carbonyl (C=O) groups excluding carboxylic acids is 2. The number of hydrogen-bond acceptors (Lipinski definition) is 4. The number of esters is 1. The molecule has 3 rings (SSSR count). The highest BCUT2D eigenvalue weighted by molar-refractivity contribution is 5.97. The van der Waals surface area contributed by atoms with Crippen LogP contribution in [0.25, 0.3) is 0 Å². The van der Waals surface area contributed by atoms with Gasteiger partial charge in [0, 0.05) is 18.5 Å². The lowest BCUT2D eigenvalue weighted by Gasteiger charge is -2.25. The van der Waals surface area contributed by atoms with E-state index in [2.05, 4.69) is 4.90 Å². The Balaban J connectivity index is 1.58. The second-order valence-electron chi connectivity index (χ2n) is 6.36. The summed E-state index contributed by atoms with van der Waals surface area (Å²) in [6, 6.07) is 15.7. The Morgan fingerprint density at radius 1 is 0.880 bits per heavy atom. The molecule has 1 aliphatic heterocycles. The van der Waals surface area contributed by atoms with E-state index in [0.29, 0.717) is 23.3 Å². The first-order valence-electron chi connectivity index (χ1n) is 8.85. The molecule has 1 heterocycles. The number of piperidine rings is 1. The lowest BCUT2D eigenvalue weighted by molar-refractivity contribution is 0.0733. The van der Waals surface area contributed by atoms with E-state index in [-0.39, 0.29) is 5.78 Å². The van der Waals surface area contributed by atoms with Crippen LogP contribution in [0.3, 0.4) is 0 Å². The number of rotatable bonds is 6. The summed E-state index contributed by atoms with van der Waals surface area (Å²) in [5, 5.41) is 0. The fourth-order valence-corrected chi connectivity index (χ4v) is 3.06. The van der Waals surface area contributed by atoms with Gasteiger partial charge in [-0.25, -0.2) is 4.79 Å². The van der Waals surface area contributed by atoms with E-state index < -0.39 is 5.97 Å². The van der Waals surface area contributed by atoms with Crippen LogP contribution in [0.1, 0.15) is 46.4 Å². The molecule has 0 spiro atoms. The van der Waals surface area contributed by atoms with Gasteiger partial charge in [0.15, 0.2) is 5.78 Å². The molecule has 2 aromatic carbocycles. The minimum Gasteiger partial charge on any atom is -0.423 e. The number of benzene rings is 2. The first-order chi connectivity index (χ1) is 12.2. The van der Waals surface area contributed by atoms with Gasteiger partial charge >= 0.3 is 5.97 Å².